The fourth-order valence-corrected chi connectivity index (χ4v) is 3.69. The summed E-state index contributed by atoms with van der Waals surface area (Å²) in [6.45, 7) is 2.67. The van der Waals surface area contributed by atoms with Gasteiger partial charge in [0.05, 0.1) is 36.9 Å². The van der Waals surface area contributed by atoms with Gasteiger partial charge in [0.1, 0.15) is 11.6 Å². The van der Waals surface area contributed by atoms with Gasteiger partial charge >= 0.3 is 0 Å². The van der Waals surface area contributed by atoms with Gasteiger partial charge in [0.2, 0.25) is 11.2 Å². The summed E-state index contributed by atoms with van der Waals surface area (Å²) in [5.74, 6) is 0.708. The molecule has 0 bridgehead atoms. The van der Waals surface area contributed by atoms with Crippen molar-refractivity contribution >= 4 is 28.9 Å². The molecule has 0 saturated heterocycles. The van der Waals surface area contributed by atoms with Crippen LogP contribution in [0.15, 0.2) is 41.7 Å². The predicted molar refractivity (Wildman–Crippen MR) is 112 cm³/mol. The lowest BCUT2D eigenvalue weighted by atomic mass is 10.2. The van der Waals surface area contributed by atoms with Crippen molar-refractivity contribution in [3.8, 4) is 0 Å². The van der Waals surface area contributed by atoms with Gasteiger partial charge in [0, 0.05) is 12.7 Å². The molecular weight excluding hydrogens is 427 g/mol. The fraction of sp³-hybridized carbons (Fsp3) is 0.263. The lowest BCUT2D eigenvalue weighted by molar-refractivity contribution is 0.604. The summed E-state index contributed by atoms with van der Waals surface area (Å²) in [5, 5.41) is 7.37. The van der Waals surface area contributed by atoms with Gasteiger partial charge in [-0.05, 0) is 47.3 Å². The van der Waals surface area contributed by atoms with Crippen LogP contribution in [-0.2, 0) is 19.4 Å². The maximum absolute atomic E-state index is 13.0. The Labute approximate surface area is 181 Å². The van der Waals surface area contributed by atoms with Crippen molar-refractivity contribution < 1.29 is 4.39 Å². The average Bonchev–Trinajstić information content (AvgIpc) is 3.38. The molecule has 0 amide bonds. The SMILES string of the molecule is C[C@H](Nc1nc(Cl)nc(Cc2cn(CCc3ccsc3)cn2)n1)c1ncc(F)cn1. The Kier molecular flexibility index (Phi) is 6.24. The number of halogens is 2. The minimum absolute atomic E-state index is 0.0756. The number of aryl methyl sites for hydroxylation is 2. The monoisotopic (exact) mass is 444 g/mol. The van der Waals surface area contributed by atoms with Crippen molar-refractivity contribution in [3.05, 3.63) is 75.8 Å². The van der Waals surface area contributed by atoms with E-state index in [4.69, 9.17) is 11.6 Å². The fourth-order valence-electron chi connectivity index (χ4n) is 2.81. The Balaban J connectivity index is 1.41. The number of hydrogen-bond donors (Lipinski definition) is 1. The van der Waals surface area contributed by atoms with E-state index in [-0.39, 0.29) is 11.3 Å². The van der Waals surface area contributed by atoms with E-state index in [2.05, 4.69) is 52.0 Å². The quantitative estimate of drug-likeness (QED) is 0.442. The van der Waals surface area contributed by atoms with Crippen molar-refractivity contribution in [2.24, 2.45) is 0 Å². The van der Waals surface area contributed by atoms with Crippen molar-refractivity contribution in [3.63, 3.8) is 0 Å². The van der Waals surface area contributed by atoms with Gasteiger partial charge in [-0.25, -0.2) is 24.3 Å². The second kappa shape index (κ2) is 9.23. The Morgan fingerprint density at radius 3 is 2.80 bits per heavy atom. The maximum atomic E-state index is 13.0. The third kappa shape index (κ3) is 5.33. The van der Waals surface area contributed by atoms with E-state index in [0.29, 0.717) is 24.0 Å². The van der Waals surface area contributed by atoms with Crippen LogP contribution in [0.4, 0.5) is 10.3 Å². The molecule has 4 rings (SSSR count). The molecule has 1 atom stereocenters. The molecule has 0 radical (unpaired) electrons. The van der Waals surface area contributed by atoms with Crippen LogP contribution in [-0.4, -0.2) is 34.5 Å². The van der Waals surface area contributed by atoms with Crippen LogP contribution in [0.2, 0.25) is 5.28 Å². The van der Waals surface area contributed by atoms with Crippen LogP contribution in [0.25, 0.3) is 0 Å². The van der Waals surface area contributed by atoms with Gasteiger partial charge in [-0.15, -0.1) is 0 Å². The van der Waals surface area contributed by atoms with Crippen molar-refractivity contribution in [2.75, 3.05) is 5.32 Å². The highest BCUT2D eigenvalue weighted by atomic mass is 35.5. The zero-order chi connectivity index (χ0) is 20.9. The Bertz CT molecular complexity index is 1100. The molecule has 0 saturated carbocycles. The standard InChI is InChI=1S/C19H18ClFN8S/c1-12(17-22-7-14(21)8-23-17)25-19-27-16(26-18(20)28-19)6-15-9-29(11-24-15)4-2-13-3-5-30-10-13/h3,5,7-12H,2,4,6H2,1H3,(H,25,26,27,28)/t12-/m0/s1. The number of imidazole rings is 1. The van der Waals surface area contributed by atoms with E-state index in [1.165, 1.54) is 5.56 Å². The average molecular weight is 445 g/mol. The first-order valence-corrected chi connectivity index (χ1v) is 10.5. The molecule has 11 heteroatoms. The number of nitrogens with one attached hydrogen (secondary N) is 1. The summed E-state index contributed by atoms with van der Waals surface area (Å²) in [5.41, 5.74) is 2.15. The molecule has 4 heterocycles. The highest BCUT2D eigenvalue weighted by Crippen LogP contribution is 2.16. The van der Waals surface area contributed by atoms with E-state index in [0.717, 1.165) is 31.1 Å². The Morgan fingerprint density at radius 2 is 2.03 bits per heavy atom. The van der Waals surface area contributed by atoms with Crippen molar-refractivity contribution in [1.82, 2.24) is 34.5 Å². The topological polar surface area (TPSA) is 94.3 Å². The first-order valence-electron chi connectivity index (χ1n) is 9.21. The molecule has 1 N–H and O–H groups in total. The molecule has 4 aromatic rings. The minimum Gasteiger partial charge on any atom is -0.344 e. The first-order chi connectivity index (χ1) is 14.5. The van der Waals surface area contributed by atoms with E-state index in [1.54, 1.807) is 17.7 Å². The summed E-state index contributed by atoms with van der Waals surface area (Å²) >= 11 is 7.77. The molecule has 30 heavy (non-hydrogen) atoms. The number of thiophene rings is 1. The second-order valence-electron chi connectivity index (χ2n) is 6.63. The molecule has 8 nitrogen and oxygen atoms in total. The number of hydrogen-bond acceptors (Lipinski definition) is 8. The summed E-state index contributed by atoms with van der Waals surface area (Å²) in [7, 11) is 0. The van der Waals surface area contributed by atoms with Crippen molar-refractivity contribution in [2.45, 2.75) is 32.4 Å². The number of nitrogens with zero attached hydrogens (tertiary/aromatic N) is 7. The zero-order valence-electron chi connectivity index (χ0n) is 16.0. The number of anilines is 1. The highest BCUT2D eigenvalue weighted by Gasteiger charge is 2.13. The van der Waals surface area contributed by atoms with Gasteiger partial charge in [0.25, 0.3) is 0 Å². The maximum Gasteiger partial charge on any atom is 0.227 e. The number of aromatic nitrogens is 7. The van der Waals surface area contributed by atoms with Crippen LogP contribution >= 0.6 is 22.9 Å². The Hall–Kier alpha value is -2.98. The minimum atomic E-state index is -0.494. The van der Waals surface area contributed by atoms with E-state index in [9.17, 15) is 4.39 Å². The third-order valence-electron chi connectivity index (χ3n) is 4.29. The third-order valence-corrected chi connectivity index (χ3v) is 5.19. The van der Waals surface area contributed by atoms with E-state index < -0.39 is 5.82 Å². The van der Waals surface area contributed by atoms with Crippen LogP contribution in [0, 0.1) is 5.82 Å². The molecule has 4 aromatic heterocycles. The highest BCUT2D eigenvalue weighted by molar-refractivity contribution is 7.07. The lowest BCUT2D eigenvalue weighted by Gasteiger charge is -2.12. The molecule has 154 valence electrons. The molecule has 0 aromatic carbocycles. The lowest BCUT2D eigenvalue weighted by Crippen LogP contribution is -2.14. The molecule has 0 fully saturated rings. The molecule has 0 unspecified atom stereocenters. The van der Waals surface area contributed by atoms with Crippen LogP contribution in [0.1, 0.15) is 35.9 Å². The van der Waals surface area contributed by atoms with Crippen molar-refractivity contribution in [1.29, 1.82) is 0 Å². The van der Waals surface area contributed by atoms with Crippen LogP contribution in [0.5, 0.6) is 0 Å². The summed E-state index contributed by atoms with van der Waals surface area (Å²) in [6.07, 6.45) is 7.38. The van der Waals surface area contributed by atoms with E-state index in [1.807, 2.05) is 17.7 Å². The van der Waals surface area contributed by atoms with Gasteiger partial charge in [0.15, 0.2) is 5.82 Å². The van der Waals surface area contributed by atoms with Gasteiger partial charge in [-0.1, -0.05) is 0 Å². The molecule has 0 aliphatic heterocycles. The molecule has 0 spiro atoms. The largest absolute Gasteiger partial charge is 0.344 e. The second-order valence-corrected chi connectivity index (χ2v) is 7.75. The smallest absolute Gasteiger partial charge is 0.227 e. The normalized spacial score (nSPS) is 12.1. The van der Waals surface area contributed by atoms with Crippen LogP contribution in [0.3, 0.4) is 0 Å². The molecule has 0 aliphatic carbocycles. The summed E-state index contributed by atoms with van der Waals surface area (Å²) in [4.78, 5) is 25.1. The Morgan fingerprint density at radius 1 is 1.20 bits per heavy atom. The molecule has 0 aliphatic rings. The van der Waals surface area contributed by atoms with E-state index >= 15 is 0 Å². The van der Waals surface area contributed by atoms with Gasteiger partial charge in [-0.3, -0.25) is 0 Å². The van der Waals surface area contributed by atoms with Crippen LogP contribution < -0.4 is 5.32 Å². The zero-order valence-corrected chi connectivity index (χ0v) is 17.6. The number of rotatable bonds is 8. The van der Waals surface area contributed by atoms with Gasteiger partial charge < -0.3 is 9.88 Å². The van der Waals surface area contributed by atoms with Gasteiger partial charge in [-0.2, -0.15) is 21.3 Å². The summed E-state index contributed by atoms with van der Waals surface area (Å²) in [6, 6.07) is 1.79. The predicted octanol–water partition coefficient (Wildman–Crippen LogP) is 3.72. The molecular formula is C19H18ClFN8S. The summed E-state index contributed by atoms with van der Waals surface area (Å²) < 4.78 is 15.1. The first kappa shape index (κ1) is 20.3.